The molecule has 0 amide bonds. The Bertz CT molecular complexity index is 598. The number of rotatable bonds is 3. The van der Waals surface area contributed by atoms with E-state index in [9.17, 15) is 0 Å². The Labute approximate surface area is 138 Å². The average molecular weight is 367 g/mol. The molecule has 110 valence electrons. The number of benzene rings is 1. The second-order valence-electron chi connectivity index (χ2n) is 5.07. The summed E-state index contributed by atoms with van der Waals surface area (Å²) in [4.78, 5) is 9.16. The van der Waals surface area contributed by atoms with Gasteiger partial charge in [0.15, 0.2) is 0 Å². The maximum absolute atomic E-state index is 6.16. The number of halogens is 2. The molecule has 21 heavy (non-hydrogen) atoms. The van der Waals surface area contributed by atoms with Gasteiger partial charge in [-0.05, 0) is 29.8 Å². The Hall–Kier alpha value is -1.26. The highest BCUT2D eigenvalue weighted by atomic mass is 79.9. The van der Waals surface area contributed by atoms with Crippen LogP contribution in [-0.2, 0) is 5.33 Å². The van der Waals surface area contributed by atoms with Crippen molar-refractivity contribution in [1.82, 2.24) is 4.98 Å². The van der Waals surface area contributed by atoms with Crippen LogP contribution >= 0.6 is 27.5 Å². The number of hydrogen-bond acceptors (Lipinski definition) is 3. The van der Waals surface area contributed by atoms with Gasteiger partial charge in [-0.3, -0.25) is 0 Å². The van der Waals surface area contributed by atoms with Gasteiger partial charge in [0.25, 0.3) is 0 Å². The van der Waals surface area contributed by atoms with Crippen LogP contribution in [0.1, 0.15) is 5.56 Å². The molecule has 1 aliphatic heterocycles. The van der Waals surface area contributed by atoms with Crippen LogP contribution in [0.3, 0.4) is 0 Å². The molecule has 0 bridgehead atoms. The number of aromatic nitrogens is 1. The number of piperazine rings is 1. The number of nitrogens with zero attached hydrogens (tertiary/aromatic N) is 3. The fraction of sp³-hybridized carbons (Fsp3) is 0.312. The molecule has 5 heteroatoms. The van der Waals surface area contributed by atoms with E-state index in [2.05, 4.69) is 48.9 Å². The average Bonchev–Trinajstić information content (AvgIpc) is 2.56. The number of hydrogen-bond donors (Lipinski definition) is 0. The molecule has 0 radical (unpaired) electrons. The first-order chi connectivity index (χ1) is 10.3. The Kier molecular flexibility index (Phi) is 4.66. The highest BCUT2D eigenvalue weighted by Gasteiger charge is 2.19. The van der Waals surface area contributed by atoms with Crippen molar-refractivity contribution in [1.29, 1.82) is 0 Å². The topological polar surface area (TPSA) is 19.4 Å². The van der Waals surface area contributed by atoms with Crippen LogP contribution in [-0.4, -0.2) is 31.2 Å². The van der Waals surface area contributed by atoms with Crippen LogP contribution in [0, 0.1) is 0 Å². The van der Waals surface area contributed by atoms with Crippen molar-refractivity contribution >= 4 is 39.0 Å². The minimum Gasteiger partial charge on any atom is -0.368 e. The molecule has 0 aliphatic carbocycles. The fourth-order valence-electron chi connectivity index (χ4n) is 2.66. The number of pyridine rings is 1. The predicted molar refractivity (Wildman–Crippen MR) is 92.7 cm³/mol. The Balaban J connectivity index is 1.73. The second kappa shape index (κ2) is 6.67. The maximum atomic E-state index is 6.16. The van der Waals surface area contributed by atoms with Gasteiger partial charge in [-0.2, -0.15) is 0 Å². The third-order valence-electron chi connectivity index (χ3n) is 3.78. The lowest BCUT2D eigenvalue weighted by molar-refractivity contribution is 0.646. The highest BCUT2D eigenvalue weighted by Crippen LogP contribution is 2.28. The molecule has 0 atom stereocenters. The summed E-state index contributed by atoms with van der Waals surface area (Å²) in [7, 11) is 0. The zero-order chi connectivity index (χ0) is 14.7. The van der Waals surface area contributed by atoms with E-state index in [4.69, 9.17) is 11.6 Å². The van der Waals surface area contributed by atoms with Crippen LogP contribution in [0.2, 0.25) is 5.02 Å². The van der Waals surface area contributed by atoms with Crippen LogP contribution in [0.25, 0.3) is 0 Å². The van der Waals surface area contributed by atoms with Crippen molar-refractivity contribution < 1.29 is 0 Å². The molecule has 1 fully saturated rings. The third kappa shape index (κ3) is 3.33. The van der Waals surface area contributed by atoms with E-state index in [0.717, 1.165) is 42.3 Å². The summed E-state index contributed by atoms with van der Waals surface area (Å²) < 4.78 is 0. The van der Waals surface area contributed by atoms with Gasteiger partial charge in [0.05, 0.1) is 0 Å². The Morgan fingerprint density at radius 1 is 1.05 bits per heavy atom. The smallest absolute Gasteiger partial charge is 0.128 e. The van der Waals surface area contributed by atoms with E-state index in [0.29, 0.717) is 0 Å². The molecule has 0 saturated carbocycles. The van der Waals surface area contributed by atoms with Crippen LogP contribution in [0.4, 0.5) is 11.5 Å². The van der Waals surface area contributed by atoms with Crippen molar-refractivity contribution in [2.45, 2.75) is 5.33 Å². The van der Waals surface area contributed by atoms with E-state index >= 15 is 0 Å². The van der Waals surface area contributed by atoms with Crippen LogP contribution in [0.15, 0.2) is 42.6 Å². The first kappa shape index (κ1) is 14.7. The van der Waals surface area contributed by atoms with Gasteiger partial charge in [0.1, 0.15) is 5.82 Å². The van der Waals surface area contributed by atoms with E-state index in [-0.39, 0.29) is 0 Å². The molecule has 0 N–H and O–H groups in total. The van der Waals surface area contributed by atoms with E-state index < -0.39 is 0 Å². The molecular weight excluding hydrogens is 350 g/mol. The predicted octanol–water partition coefficient (Wildman–Crippen LogP) is 3.96. The summed E-state index contributed by atoms with van der Waals surface area (Å²) in [6.45, 7) is 3.92. The summed E-state index contributed by atoms with van der Waals surface area (Å²) >= 11 is 9.71. The number of alkyl halides is 1. The van der Waals surface area contributed by atoms with Gasteiger partial charge >= 0.3 is 0 Å². The molecular formula is C16H17BrClN3. The zero-order valence-corrected chi connectivity index (χ0v) is 14.0. The molecule has 1 aromatic heterocycles. The largest absolute Gasteiger partial charge is 0.368 e. The van der Waals surface area contributed by atoms with E-state index in [1.54, 1.807) is 0 Å². The van der Waals surface area contributed by atoms with Gasteiger partial charge in [-0.1, -0.05) is 39.7 Å². The van der Waals surface area contributed by atoms with Gasteiger partial charge in [-0.25, -0.2) is 4.98 Å². The van der Waals surface area contributed by atoms with Gasteiger partial charge < -0.3 is 9.80 Å². The molecule has 0 spiro atoms. The Morgan fingerprint density at radius 2 is 1.81 bits per heavy atom. The Morgan fingerprint density at radius 3 is 2.48 bits per heavy atom. The molecule has 2 heterocycles. The summed E-state index contributed by atoms with van der Waals surface area (Å²) in [6, 6.07) is 12.2. The van der Waals surface area contributed by atoms with Gasteiger partial charge in [-0.15, -0.1) is 0 Å². The SMILES string of the molecule is Clc1ccc(CBr)c(N2CCN(c3ccccn3)CC2)c1. The van der Waals surface area contributed by atoms with E-state index in [1.807, 2.05) is 24.4 Å². The molecule has 1 aromatic carbocycles. The first-order valence-electron chi connectivity index (χ1n) is 7.03. The summed E-state index contributed by atoms with van der Waals surface area (Å²) in [5.41, 5.74) is 2.52. The lowest BCUT2D eigenvalue weighted by atomic mass is 10.1. The lowest BCUT2D eigenvalue weighted by Gasteiger charge is -2.37. The van der Waals surface area contributed by atoms with Crippen molar-refractivity contribution in [3.8, 4) is 0 Å². The van der Waals surface area contributed by atoms with Gasteiger partial charge in [0.2, 0.25) is 0 Å². The normalized spacial score (nSPS) is 15.3. The minimum absolute atomic E-state index is 0.793. The molecule has 1 aliphatic rings. The van der Waals surface area contributed by atoms with Crippen molar-refractivity contribution in [3.63, 3.8) is 0 Å². The maximum Gasteiger partial charge on any atom is 0.128 e. The standard InChI is InChI=1S/C16H17BrClN3/c17-12-13-4-5-14(18)11-15(13)20-7-9-21(10-8-20)16-3-1-2-6-19-16/h1-6,11H,7-10,12H2. The molecule has 3 rings (SSSR count). The van der Waals surface area contributed by atoms with Crippen molar-refractivity contribution in [2.24, 2.45) is 0 Å². The van der Waals surface area contributed by atoms with Gasteiger partial charge in [0, 0.05) is 48.4 Å². The number of anilines is 2. The minimum atomic E-state index is 0.793. The monoisotopic (exact) mass is 365 g/mol. The molecule has 2 aromatic rings. The first-order valence-corrected chi connectivity index (χ1v) is 8.53. The summed E-state index contributed by atoms with van der Waals surface area (Å²) in [6.07, 6.45) is 1.85. The lowest BCUT2D eigenvalue weighted by Crippen LogP contribution is -2.47. The fourth-order valence-corrected chi connectivity index (χ4v) is 3.30. The summed E-state index contributed by atoms with van der Waals surface area (Å²) in [5.74, 6) is 1.06. The zero-order valence-electron chi connectivity index (χ0n) is 11.7. The summed E-state index contributed by atoms with van der Waals surface area (Å²) in [5, 5.41) is 1.64. The quantitative estimate of drug-likeness (QED) is 0.767. The van der Waals surface area contributed by atoms with Crippen LogP contribution in [0.5, 0.6) is 0 Å². The molecule has 0 unspecified atom stereocenters. The van der Waals surface area contributed by atoms with Crippen molar-refractivity contribution in [2.75, 3.05) is 36.0 Å². The molecule has 1 saturated heterocycles. The highest BCUT2D eigenvalue weighted by molar-refractivity contribution is 9.08. The second-order valence-corrected chi connectivity index (χ2v) is 6.07. The van der Waals surface area contributed by atoms with Crippen molar-refractivity contribution in [3.05, 3.63) is 53.2 Å². The third-order valence-corrected chi connectivity index (χ3v) is 4.62. The van der Waals surface area contributed by atoms with E-state index in [1.165, 1.54) is 11.3 Å². The van der Waals surface area contributed by atoms with Crippen LogP contribution < -0.4 is 9.80 Å². The molecule has 3 nitrogen and oxygen atoms in total.